The van der Waals surface area contributed by atoms with Crippen molar-refractivity contribution in [2.24, 2.45) is 11.8 Å². The van der Waals surface area contributed by atoms with E-state index in [1.807, 2.05) is 0 Å². The van der Waals surface area contributed by atoms with Crippen LogP contribution in [0, 0.1) is 11.8 Å². The monoisotopic (exact) mass is 209 g/mol. The zero-order valence-corrected chi connectivity index (χ0v) is 8.65. The summed E-state index contributed by atoms with van der Waals surface area (Å²) < 4.78 is 0. The molecule has 0 spiro atoms. The highest BCUT2D eigenvalue weighted by molar-refractivity contribution is 6.00. The second-order valence-corrected chi connectivity index (χ2v) is 4.34. The maximum absolute atomic E-state index is 11.8. The number of nitrogens with zero attached hydrogens (tertiary/aromatic N) is 1. The summed E-state index contributed by atoms with van der Waals surface area (Å²) in [5.74, 6) is -0.0446. The largest absolute Gasteiger partial charge is 0.303 e. The van der Waals surface area contributed by atoms with Gasteiger partial charge in [0.15, 0.2) is 0 Å². The van der Waals surface area contributed by atoms with E-state index in [9.17, 15) is 14.4 Å². The van der Waals surface area contributed by atoms with Gasteiger partial charge in [0.2, 0.25) is 11.8 Å². The van der Waals surface area contributed by atoms with E-state index in [4.69, 9.17) is 0 Å². The van der Waals surface area contributed by atoms with Crippen LogP contribution in [0.5, 0.6) is 0 Å². The number of carbonyl (C=O) groups is 3. The molecule has 2 fully saturated rings. The first-order chi connectivity index (χ1) is 7.24. The second kappa shape index (κ2) is 4.13. The van der Waals surface area contributed by atoms with Gasteiger partial charge in [-0.25, -0.2) is 0 Å². The van der Waals surface area contributed by atoms with Crippen molar-refractivity contribution >= 4 is 18.1 Å². The lowest BCUT2D eigenvalue weighted by atomic mass is 9.77. The van der Waals surface area contributed by atoms with E-state index < -0.39 is 0 Å². The fourth-order valence-corrected chi connectivity index (χ4v) is 2.59. The molecule has 1 saturated heterocycles. The Labute approximate surface area is 88.6 Å². The Morgan fingerprint density at radius 1 is 1.20 bits per heavy atom. The molecule has 2 rings (SSSR count). The van der Waals surface area contributed by atoms with Crippen LogP contribution >= 0.6 is 0 Å². The number of hydrogen-bond donors (Lipinski definition) is 0. The molecule has 4 nitrogen and oxygen atoms in total. The average Bonchev–Trinajstić information content (AvgIpc) is 2.27. The molecule has 2 atom stereocenters. The molecule has 1 heterocycles. The molecule has 82 valence electrons. The van der Waals surface area contributed by atoms with Crippen LogP contribution in [0.3, 0.4) is 0 Å². The predicted molar refractivity (Wildman–Crippen MR) is 52.8 cm³/mol. The number of aldehydes is 1. The lowest BCUT2D eigenvalue weighted by molar-refractivity contribution is -0.157. The number of fused-ring (bicyclic) bond motifs is 2. The summed E-state index contributed by atoms with van der Waals surface area (Å²) in [6.07, 6.45) is 4.53. The number of hydrogen-bond acceptors (Lipinski definition) is 3. The molecule has 0 aromatic heterocycles. The van der Waals surface area contributed by atoms with E-state index in [-0.39, 0.29) is 36.6 Å². The van der Waals surface area contributed by atoms with Gasteiger partial charge in [0, 0.05) is 24.8 Å². The van der Waals surface area contributed by atoms with Gasteiger partial charge < -0.3 is 4.79 Å². The van der Waals surface area contributed by atoms with E-state index in [0.717, 1.165) is 32.0 Å². The Bertz CT molecular complexity index is 278. The van der Waals surface area contributed by atoms with Crippen molar-refractivity contribution in [2.45, 2.75) is 32.1 Å². The molecular formula is C11H15NO3. The summed E-state index contributed by atoms with van der Waals surface area (Å²) in [7, 11) is 0. The third kappa shape index (κ3) is 1.80. The van der Waals surface area contributed by atoms with Crippen LogP contribution in [0.2, 0.25) is 0 Å². The first-order valence-electron chi connectivity index (χ1n) is 5.53. The number of likely N-dealkylation sites (tertiary alicyclic amines) is 1. The molecule has 0 aromatic rings. The third-order valence-electron chi connectivity index (χ3n) is 3.38. The molecule has 0 N–H and O–H groups in total. The molecule has 1 saturated carbocycles. The Hall–Kier alpha value is -1.19. The summed E-state index contributed by atoms with van der Waals surface area (Å²) in [5.41, 5.74) is 0. The lowest BCUT2D eigenvalue weighted by Gasteiger charge is -2.38. The van der Waals surface area contributed by atoms with Crippen molar-refractivity contribution in [1.82, 2.24) is 4.90 Å². The molecule has 1 aliphatic heterocycles. The van der Waals surface area contributed by atoms with E-state index in [1.54, 1.807) is 0 Å². The third-order valence-corrected chi connectivity index (χ3v) is 3.38. The molecule has 0 radical (unpaired) electrons. The van der Waals surface area contributed by atoms with Gasteiger partial charge in [-0.1, -0.05) is 6.42 Å². The number of piperidine rings is 1. The number of rotatable bonds is 3. The summed E-state index contributed by atoms with van der Waals surface area (Å²) >= 11 is 0. The summed E-state index contributed by atoms with van der Waals surface area (Å²) in [6, 6.07) is 0. The maximum atomic E-state index is 11.8. The second-order valence-electron chi connectivity index (χ2n) is 4.34. The standard InChI is InChI=1S/C11H15NO3/c13-6-2-5-12-10(14)8-3-1-4-9(7-8)11(12)15/h6,8-9H,1-5,7H2. The van der Waals surface area contributed by atoms with Crippen molar-refractivity contribution in [3.8, 4) is 0 Å². The molecule has 4 heteroatoms. The van der Waals surface area contributed by atoms with Gasteiger partial charge >= 0.3 is 0 Å². The van der Waals surface area contributed by atoms with Crippen LogP contribution in [0.1, 0.15) is 32.1 Å². The fraction of sp³-hybridized carbons (Fsp3) is 0.727. The fourth-order valence-electron chi connectivity index (χ4n) is 2.59. The minimum Gasteiger partial charge on any atom is -0.303 e. The van der Waals surface area contributed by atoms with Crippen molar-refractivity contribution in [1.29, 1.82) is 0 Å². The minimum atomic E-state index is -0.0576. The van der Waals surface area contributed by atoms with Gasteiger partial charge in [0.25, 0.3) is 0 Å². The summed E-state index contributed by atoms with van der Waals surface area (Å²) in [6.45, 7) is 0.272. The maximum Gasteiger partial charge on any atom is 0.232 e. The number of carbonyl (C=O) groups excluding carboxylic acids is 3. The highest BCUT2D eigenvalue weighted by atomic mass is 16.2. The lowest BCUT2D eigenvalue weighted by Crippen LogP contribution is -2.51. The zero-order valence-electron chi connectivity index (χ0n) is 8.65. The Kier molecular flexibility index (Phi) is 2.84. The Balaban J connectivity index is 2.11. The molecule has 0 aromatic carbocycles. The van der Waals surface area contributed by atoms with E-state index >= 15 is 0 Å². The van der Waals surface area contributed by atoms with Gasteiger partial charge in [-0.3, -0.25) is 14.5 Å². The summed E-state index contributed by atoms with van der Waals surface area (Å²) in [4.78, 5) is 35.2. The van der Waals surface area contributed by atoms with Gasteiger partial charge in [0.1, 0.15) is 6.29 Å². The molecule has 2 bridgehead atoms. The van der Waals surface area contributed by atoms with Crippen molar-refractivity contribution in [3.63, 3.8) is 0 Å². The van der Waals surface area contributed by atoms with Crippen LogP contribution in [0.4, 0.5) is 0 Å². The van der Waals surface area contributed by atoms with Gasteiger partial charge in [-0.05, 0) is 19.3 Å². The highest BCUT2D eigenvalue weighted by Gasteiger charge is 2.42. The SMILES string of the molecule is O=CCCN1C(=O)C2CCCC(C2)C1=O. The van der Waals surface area contributed by atoms with E-state index in [1.165, 1.54) is 4.90 Å². The van der Waals surface area contributed by atoms with Crippen molar-refractivity contribution < 1.29 is 14.4 Å². The quantitative estimate of drug-likeness (QED) is 0.509. The molecular weight excluding hydrogens is 194 g/mol. The predicted octanol–water partition coefficient (Wildman–Crippen LogP) is 0.751. The van der Waals surface area contributed by atoms with Crippen LogP contribution in [-0.4, -0.2) is 29.5 Å². The molecule has 2 aliphatic rings. The molecule has 1 aliphatic carbocycles. The smallest absolute Gasteiger partial charge is 0.232 e. The Morgan fingerprint density at radius 3 is 2.33 bits per heavy atom. The van der Waals surface area contributed by atoms with Crippen LogP contribution in [0.15, 0.2) is 0 Å². The van der Waals surface area contributed by atoms with Gasteiger partial charge in [-0.2, -0.15) is 0 Å². The highest BCUT2D eigenvalue weighted by Crippen LogP contribution is 2.35. The van der Waals surface area contributed by atoms with Crippen LogP contribution < -0.4 is 0 Å². The van der Waals surface area contributed by atoms with E-state index in [2.05, 4.69) is 0 Å². The topological polar surface area (TPSA) is 54.5 Å². The first kappa shape index (κ1) is 10.3. The first-order valence-corrected chi connectivity index (χ1v) is 5.53. The molecule has 2 amide bonds. The number of amides is 2. The van der Waals surface area contributed by atoms with Gasteiger partial charge in [-0.15, -0.1) is 0 Å². The van der Waals surface area contributed by atoms with Crippen LogP contribution in [-0.2, 0) is 14.4 Å². The van der Waals surface area contributed by atoms with Crippen molar-refractivity contribution in [2.75, 3.05) is 6.54 Å². The minimum absolute atomic E-state index is 0.0353. The molecule has 15 heavy (non-hydrogen) atoms. The van der Waals surface area contributed by atoms with Crippen LogP contribution in [0.25, 0.3) is 0 Å². The molecule has 2 unspecified atom stereocenters. The van der Waals surface area contributed by atoms with E-state index in [0.29, 0.717) is 0 Å². The average molecular weight is 209 g/mol. The summed E-state index contributed by atoms with van der Waals surface area (Å²) in [5, 5.41) is 0. The van der Waals surface area contributed by atoms with Gasteiger partial charge in [0.05, 0.1) is 0 Å². The van der Waals surface area contributed by atoms with Crippen molar-refractivity contribution in [3.05, 3.63) is 0 Å². The number of imide groups is 1. The Morgan fingerprint density at radius 2 is 1.80 bits per heavy atom. The normalized spacial score (nSPS) is 30.5. The zero-order chi connectivity index (χ0) is 10.8.